The molecule has 21 heavy (non-hydrogen) atoms. The lowest BCUT2D eigenvalue weighted by Crippen LogP contribution is -2.19. The highest BCUT2D eigenvalue weighted by molar-refractivity contribution is 7.99. The Hall–Kier alpha value is -1.20. The molecule has 0 fully saturated rings. The van der Waals surface area contributed by atoms with Crippen molar-refractivity contribution in [2.24, 2.45) is 5.92 Å². The normalized spacial score (nSPS) is 11.4. The van der Waals surface area contributed by atoms with Gasteiger partial charge in [0.15, 0.2) is 5.16 Å². The third-order valence-corrected chi connectivity index (χ3v) is 4.03. The van der Waals surface area contributed by atoms with Crippen molar-refractivity contribution >= 4 is 22.8 Å². The van der Waals surface area contributed by atoms with E-state index in [9.17, 15) is 0 Å². The molecule has 5 heteroatoms. The van der Waals surface area contributed by atoms with Gasteiger partial charge in [-0.05, 0) is 37.9 Å². The molecule has 0 bridgehead atoms. The fourth-order valence-electron chi connectivity index (χ4n) is 2.03. The van der Waals surface area contributed by atoms with Gasteiger partial charge in [0, 0.05) is 18.4 Å². The van der Waals surface area contributed by atoms with Crippen molar-refractivity contribution in [3.63, 3.8) is 0 Å². The molecule has 1 aromatic heterocycles. The average molecular weight is 307 g/mol. The molecule has 1 heterocycles. The summed E-state index contributed by atoms with van der Waals surface area (Å²) in [6, 6.07) is 5.98. The molecule has 0 radical (unpaired) electrons. The number of fused-ring (bicyclic) bond motifs is 1. The number of hydrogen-bond donors (Lipinski definition) is 2. The largest absolute Gasteiger partial charge is 0.494 e. The maximum Gasteiger partial charge on any atom is 0.166 e. The fraction of sp³-hybridized carbons (Fsp3) is 0.562. The second-order valence-electron chi connectivity index (χ2n) is 5.43. The smallest absolute Gasteiger partial charge is 0.166 e. The van der Waals surface area contributed by atoms with Crippen molar-refractivity contribution in [1.29, 1.82) is 0 Å². The summed E-state index contributed by atoms with van der Waals surface area (Å²) in [5.41, 5.74) is 2.03. The molecule has 0 aliphatic rings. The van der Waals surface area contributed by atoms with Gasteiger partial charge in [0.1, 0.15) is 5.75 Å². The zero-order valence-electron chi connectivity index (χ0n) is 13.1. The average Bonchev–Trinajstić information content (AvgIpc) is 2.84. The fourth-order valence-corrected chi connectivity index (χ4v) is 2.81. The van der Waals surface area contributed by atoms with Crippen LogP contribution < -0.4 is 10.1 Å². The van der Waals surface area contributed by atoms with Crippen LogP contribution in [-0.4, -0.2) is 35.4 Å². The zero-order chi connectivity index (χ0) is 15.1. The number of nitrogens with one attached hydrogen (secondary N) is 2. The van der Waals surface area contributed by atoms with Crippen molar-refractivity contribution in [3.8, 4) is 5.75 Å². The second-order valence-corrected chi connectivity index (χ2v) is 6.52. The molecular weight excluding hydrogens is 282 g/mol. The van der Waals surface area contributed by atoms with E-state index in [1.807, 2.05) is 25.1 Å². The molecule has 0 amide bonds. The molecule has 0 spiro atoms. The Balaban J connectivity index is 1.80. The lowest BCUT2D eigenvalue weighted by molar-refractivity contribution is 0.340. The van der Waals surface area contributed by atoms with Crippen molar-refractivity contribution in [1.82, 2.24) is 15.3 Å². The Labute approximate surface area is 131 Å². The van der Waals surface area contributed by atoms with Crippen molar-refractivity contribution < 1.29 is 4.74 Å². The zero-order valence-corrected chi connectivity index (χ0v) is 13.9. The summed E-state index contributed by atoms with van der Waals surface area (Å²) >= 11 is 1.75. The molecule has 1 aromatic carbocycles. The minimum Gasteiger partial charge on any atom is -0.494 e. The van der Waals surface area contributed by atoms with Crippen LogP contribution in [0.1, 0.15) is 27.2 Å². The van der Waals surface area contributed by atoms with Gasteiger partial charge in [0.2, 0.25) is 0 Å². The maximum atomic E-state index is 5.50. The van der Waals surface area contributed by atoms with E-state index < -0.39 is 0 Å². The summed E-state index contributed by atoms with van der Waals surface area (Å²) in [5, 5.41) is 4.44. The monoisotopic (exact) mass is 307 g/mol. The maximum absolute atomic E-state index is 5.50. The number of H-pyrrole nitrogens is 1. The standard InChI is InChI=1S/C16H25N3OS/c1-4-20-13-5-6-14-15(11-13)19-16(18-14)21-10-9-17-8-7-12(2)3/h5-6,11-12,17H,4,7-10H2,1-3H3,(H,18,19). The number of imidazole rings is 1. The van der Waals surface area contributed by atoms with E-state index in [0.717, 1.165) is 46.7 Å². The molecule has 2 N–H and O–H groups in total. The summed E-state index contributed by atoms with van der Waals surface area (Å²) < 4.78 is 5.50. The minimum atomic E-state index is 0.684. The quantitative estimate of drug-likeness (QED) is 0.548. The molecule has 4 nitrogen and oxygen atoms in total. The first-order valence-corrected chi connectivity index (χ1v) is 8.63. The van der Waals surface area contributed by atoms with Gasteiger partial charge < -0.3 is 15.0 Å². The molecule has 116 valence electrons. The third kappa shape index (κ3) is 5.25. The van der Waals surface area contributed by atoms with Gasteiger partial charge in [0.05, 0.1) is 17.6 Å². The lowest BCUT2D eigenvalue weighted by Gasteiger charge is -2.05. The lowest BCUT2D eigenvalue weighted by atomic mass is 10.1. The van der Waals surface area contributed by atoms with Gasteiger partial charge >= 0.3 is 0 Å². The Kier molecular flexibility index (Phi) is 6.39. The van der Waals surface area contributed by atoms with Gasteiger partial charge in [-0.15, -0.1) is 0 Å². The predicted molar refractivity (Wildman–Crippen MR) is 90.3 cm³/mol. The number of hydrogen-bond acceptors (Lipinski definition) is 4. The van der Waals surface area contributed by atoms with Crippen LogP contribution in [0.2, 0.25) is 0 Å². The van der Waals surface area contributed by atoms with Gasteiger partial charge in [-0.2, -0.15) is 0 Å². The highest BCUT2D eigenvalue weighted by Gasteiger charge is 2.04. The summed E-state index contributed by atoms with van der Waals surface area (Å²) in [7, 11) is 0. The third-order valence-electron chi connectivity index (χ3n) is 3.16. The first-order valence-electron chi connectivity index (χ1n) is 7.65. The van der Waals surface area contributed by atoms with Crippen molar-refractivity contribution in [2.75, 3.05) is 25.4 Å². The summed E-state index contributed by atoms with van der Waals surface area (Å²) in [4.78, 5) is 7.93. The van der Waals surface area contributed by atoms with E-state index in [1.165, 1.54) is 6.42 Å². The molecule has 0 saturated carbocycles. The van der Waals surface area contributed by atoms with Crippen molar-refractivity contribution in [2.45, 2.75) is 32.3 Å². The molecule has 0 aliphatic carbocycles. The Bertz CT molecular complexity index is 553. The van der Waals surface area contributed by atoms with Gasteiger partial charge in [-0.1, -0.05) is 25.6 Å². The highest BCUT2D eigenvalue weighted by Crippen LogP contribution is 2.23. The topological polar surface area (TPSA) is 49.9 Å². The van der Waals surface area contributed by atoms with Gasteiger partial charge in [0.25, 0.3) is 0 Å². The Morgan fingerprint density at radius 3 is 2.95 bits per heavy atom. The SMILES string of the molecule is CCOc1ccc2nc(SCCNCCC(C)C)[nH]c2c1. The number of benzene rings is 1. The Morgan fingerprint density at radius 1 is 1.33 bits per heavy atom. The van der Waals surface area contributed by atoms with Crippen LogP contribution >= 0.6 is 11.8 Å². The van der Waals surface area contributed by atoms with Crippen LogP contribution in [0.3, 0.4) is 0 Å². The van der Waals surface area contributed by atoms with Crippen LogP contribution in [0.5, 0.6) is 5.75 Å². The van der Waals surface area contributed by atoms with E-state index in [4.69, 9.17) is 4.74 Å². The molecule has 2 rings (SSSR count). The van der Waals surface area contributed by atoms with E-state index >= 15 is 0 Å². The van der Waals surface area contributed by atoms with Crippen molar-refractivity contribution in [3.05, 3.63) is 18.2 Å². The number of rotatable bonds is 9. The number of ether oxygens (including phenoxy) is 1. The summed E-state index contributed by atoms with van der Waals surface area (Å²) in [6.45, 7) is 9.28. The second kappa shape index (κ2) is 8.29. The van der Waals surface area contributed by atoms with E-state index in [-0.39, 0.29) is 0 Å². The highest BCUT2D eigenvalue weighted by atomic mass is 32.2. The molecule has 2 aromatic rings. The number of thioether (sulfide) groups is 1. The number of aromatic amines is 1. The first-order chi connectivity index (χ1) is 10.2. The summed E-state index contributed by atoms with van der Waals surface area (Å²) in [6.07, 6.45) is 1.23. The van der Waals surface area contributed by atoms with E-state index in [1.54, 1.807) is 11.8 Å². The van der Waals surface area contributed by atoms with Gasteiger partial charge in [-0.25, -0.2) is 4.98 Å². The molecule has 0 saturated heterocycles. The number of aromatic nitrogens is 2. The Morgan fingerprint density at radius 2 is 2.19 bits per heavy atom. The van der Waals surface area contributed by atoms with Crippen LogP contribution in [0.25, 0.3) is 11.0 Å². The molecular formula is C16H25N3OS. The van der Waals surface area contributed by atoms with E-state index in [2.05, 4.69) is 29.1 Å². The first kappa shape index (κ1) is 16.2. The molecule has 0 unspecified atom stereocenters. The number of nitrogens with zero attached hydrogens (tertiary/aromatic N) is 1. The van der Waals surface area contributed by atoms with Crippen LogP contribution in [0, 0.1) is 5.92 Å². The summed E-state index contributed by atoms with van der Waals surface area (Å²) in [5.74, 6) is 2.68. The van der Waals surface area contributed by atoms with Gasteiger partial charge in [-0.3, -0.25) is 0 Å². The van der Waals surface area contributed by atoms with E-state index in [0.29, 0.717) is 6.61 Å². The minimum absolute atomic E-state index is 0.684. The predicted octanol–water partition coefficient (Wildman–Crippen LogP) is 3.69. The molecule has 0 aliphatic heterocycles. The molecule has 0 atom stereocenters. The van der Waals surface area contributed by atoms with Crippen LogP contribution in [0.15, 0.2) is 23.4 Å². The van der Waals surface area contributed by atoms with Crippen LogP contribution in [-0.2, 0) is 0 Å². The van der Waals surface area contributed by atoms with Crippen LogP contribution in [0.4, 0.5) is 0 Å².